The van der Waals surface area contributed by atoms with E-state index in [1.54, 1.807) is 23.1 Å². The highest BCUT2D eigenvalue weighted by Gasteiger charge is 2.39. The molecule has 0 radical (unpaired) electrons. The summed E-state index contributed by atoms with van der Waals surface area (Å²) >= 11 is 5.23. The molecule has 0 aromatic heterocycles. The first-order valence-corrected chi connectivity index (χ1v) is 8.42. The highest BCUT2D eigenvalue weighted by molar-refractivity contribution is 7.80. The average molecular weight is 363 g/mol. The first-order valence-electron chi connectivity index (χ1n) is 8.01. The van der Waals surface area contributed by atoms with Gasteiger partial charge in [0.05, 0.1) is 26.4 Å². The number of aromatic hydroxyl groups is 1. The summed E-state index contributed by atoms with van der Waals surface area (Å²) < 4.78 is 10.5. The monoisotopic (exact) mass is 363 g/mol. The molecule has 3 rings (SSSR count). The predicted octanol–water partition coefficient (Wildman–Crippen LogP) is 0.908. The van der Waals surface area contributed by atoms with Crippen LogP contribution in [-0.4, -0.2) is 54.4 Å². The van der Waals surface area contributed by atoms with Gasteiger partial charge >= 0.3 is 0 Å². The third kappa shape index (κ3) is 3.54. The van der Waals surface area contributed by atoms with Gasteiger partial charge in [-0.3, -0.25) is 4.79 Å². The molecule has 2 atom stereocenters. The fourth-order valence-electron chi connectivity index (χ4n) is 3.12. The number of phenolic OH excluding ortho intramolecular Hbond substituents is 1. The molecule has 0 saturated carbocycles. The van der Waals surface area contributed by atoms with Crippen LogP contribution >= 0.6 is 12.2 Å². The van der Waals surface area contributed by atoms with Crippen molar-refractivity contribution in [1.29, 1.82) is 0 Å². The van der Waals surface area contributed by atoms with Crippen molar-refractivity contribution in [3.63, 3.8) is 0 Å². The summed E-state index contributed by atoms with van der Waals surface area (Å²) in [4.78, 5) is 14.9. The molecule has 0 spiro atoms. The number of nitrogens with zero attached hydrogens (tertiary/aromatic N) is 1. The third-order valence-electron chi connectivity index (χ3n) is 4.42. The molecule has 1 aromatic carbocycles. The number of benzene rings is 1. The zero-order valence-electron chi connectivity index (χ0n) is 13.9. The molecule has 2 aliphatic rings. The van der Waals surface area contributed by atoms with E-state index >= 15 is 0 Å². The van der Waals surface area contributed by atoms with E-state index in [4.69, 9.17) is 21.7 Å². The molecule has 2 heterocycles. The Kier molecular flexibility index (Phi) is 5.10. The first-order chi connectivity index (χ1) is 12.0. The minimum atomic E-state index is -0.529. The van der Waals surface area contributed by atoms with Crippen molar-refractivity contribution in [2.45, 2.75) is 6.04 Å². The largest absolute Gasteiger partial charge is 0.504 e. The zero-order valence-corrected chi connectivity index (χ0v) is 14.8. The summed E-state index contributed by atoms with van der Waals surface area (Å²) in [6.07, 6.45) is 0. The van der Waals surface area contributed by atoms with Crippen molar-refractivity contribution in [3.8, 4) is 11.5 Å². The molecule has 2 saturated heterocycles. The summed E-state index contributed by atoms with van der Waals surface area (Å²) in [7, 11) is 1.48. The molecule has 134 valence electrons. The molecule has 0 unspecified atom stereocenters. The lowest BCUT2D eigenvalue weighted by Crippen LogP contribution is -2.55. The molecule has 0 bridgehead atoms. The lowest BCUT2D eigenvalue weighted by atomic mass is 9.87. The summed E-state index contributed by atoms with van der Waals surface area (Å²) in [5.41, 5.74) is 1.34. The van der Waals surface area contributed by atoms with E-state index in [0.717, 1.165) is 5.56 Å². The Balaban J connectivity index is 1.93. The summed E-state index contributed by atoms with van der Waals surface area (Å²) in [6, 6.07) is 4.59. The van der Waals surface area contributed by atoms with Crippen molar-refractivity contribution >= 4 is 23.2 Å². The Morgan fingerprint density at radius 2 is 2.16 bits per heavy atom. The van der Waals surface area contributed by atoms with E-state index in [1.807, 2.05) is 0 Å². The van der Waals surface area contributed by atoms with Gasteiger partial charge in [-0.25, -0.2) is 0 Å². The predicted molar refractivity (Wildman–Crippen MR) is 96.3 cm³/mol. The minimum absolute atomic E-state index is 0.0344. The number of ether oxygens (including phenoxy) is 2. The maximum absolute atomic E-state index is 13.1. The Bertz CT molecular complexity index is 703. The molecule has 3 N–H and O–H groups in total. The van der Waals surface area contributed by atoms with E-state index in [0.29, 0.717) is 42.9 Å². The van der Waals surface area contributed by atoms with Crippen LogP contribution in [0.3, 0.4) is 0 Å². The van der Waals surface area contributed by atoms with Gasteiger partial charge in [0.15, 0.2) is 16.6 Å². The molecule has 1 aromatic rings. The number of rotatable bonds is 3. The number of carbonyl (C=O) groups excluding carboxylic acids is 1. The van der Waals surface area contributed by atoms with Gasteiger partial charge in [-0.15, -0.1) is 0 Å². The van der Waals surface area contributed by atoms with Crippen LogP contribution < -0.4 is 15.4 Å². The smallest absolute Gasteiger partial charge is 0.234 e. The van der Waals surface area contributed by atoms with E-state index in [9.17, 15) is 9.90 Å². The molecule has 25 heavy (non-hydrogen) atoms. The van der Waals surface area contributed by atoms with E-state index in [-0.39, 0.29) is 11.7 Å². The number of morpholine rings is 1. The van der Waals surface area contributed by atoms with E-state index in [2.05, 4.69) is 17.2 Å². The molecule has 1 amide bonds. The van der Waals surface area contributed by atoms with Crippen LogP contribution in [0.4, 0.5) is 0 Å². The van der Waals surface area contributed by atoms with Crippen molar-refractivity contribution in [2.24, 2.45) is 5.92 Å². The quantitative estimate of drug-likeness (QED) is 0.689. The average Bonchev–Trinajstić information content (AvgIpc) is 2.62. The Morgan fingerprint density at radius 3 is 2.84 bits per heavy atom. The lowest BCUT2D eigenvalue weighted by molar-refractivity contribution is -0.139. The summed E-state index contributed by atoms with van der Waals surface area (Å²) in [5, 5.41) is 16.3. The number of methoxy groups -OCH3 is 1. The molecule has 7 nitrogen and oxygen atoms in total. The maximum Gasteiger partial charge on any atom is 0.234 e. The molecular formula is C17H21N3O4S. The summed E-state index contributed by atoms with van der Waals surface area (Å²) in [5.74, 6) is -0.184. The Hall–Kier alpha value is -2.32. The van der Waals surface area contributed by atoms with Crippen molar-refractivity contribution in [3.05, 3.63) is 36.0 Å². The van der Waals surface area contributed by atoms with Crippen LogP contribution in [0.2, 0.25) is 0 Å². The SMILES string of the molecule is C=C1NC(=S)N[C@@H](c2ccc(O)c(OC)c2)[C@H]1C(=O)N1CCOCC1. The summed E-state index contributed by atoms with van der Waals surface area (Å²) in [6.45, 7) is 6.17. The molecular weight excluding hydrogens is 342 g/mol. The van der Waals surface area contributed by atoms with Crippen molar-refractivity contribution in [1.82, 2.24) is 15.5 Å². The van der Waals surface area contributed by atoms with Crippen molar-refractivity contribution in [2.75, 3.05) is 33.4 Å². The standard InChI is InChI=1S/C17H21N3O4S/c1-10-14(16(22)20-5-7-24-8-6-20)15(19-17(25)18-10)11-3-4-12(21)13(9-11)23-2/h3-4,9,14-15,21H,1,5-8H2,2H3,(H2,18,19,25)/t14-,15-/m0/s1. The number of amides is 1. The molecule has 8 heteroatoms. The van der Waals surface area contributed by atoms with Gasteiger partial charge in [-0.05, 0) is 29.9 Å². The fraction of sp³-hybridized carbons (Fsp3) is 0.412. The minimum Gasteiger partial charge on any atom is -0.504 e. The van der Waals surface area contributed by atoms with Crippen LogP contribution in [0.5, 0.6) is 11.5 Å². The van der Waals surface area contributed by atoms with E-state index in [1.165, 1.54) is 7.11 Å². The van der Waals surface area contributed by atoms with Gasteiger partial charge in [-0.1, -0.05) is 12.6 Å². The topological polar surface area (TPSA) is 83.1 Å². The first kappa shape index (κ1) is 17.5. The van der Waals surface area contributed by atoms with Gasteiger partial charge < -0.3 is 30.1 Å². The number of hydrogen-bond donors (Lipinski definition) is 3. The van der Waals surface area contributed by atoms with Crippen LogP contribution in [0.25, 0.3) is 0 Å². The third-order valence-corrected chi connectivity index (χ3v) is 4.64. The normalized spacial score (nSPS) is 23.6. The highest BCUT2D eigenvalue weighted by Crippen LogP contribution is 2.35. The number of phenols is 1. The van der Waals surface area contributed by atoms with E-state index < -0.39 is 12.0 Å². The van der Waals surface area contributed by atoms with Crippen LogP contribution in [0.15, 0.2) is 30.5 Å². The number of thiocarbonyl (C=S) groups is 1. The second-order valence-electron chi connectivity index (χ2n) is 5.95. The van der Waals surface area contributed by atoms with Gasteiger partial charge in [0.25, 0.3) is 0 Å². The van der Waals surface area contributed by atoms with Gasteiger partial charge in [0.1, 0.15) is 5.92 Å². The van der Waals surface area contributed by atoms with Gasteiger partial charge in [-0.2, -0.15) is 0 Å². The number of nitrogens with one attached hydrogen (secondary N) is 2. The van der Waals surface area contributed by atoms with Crippen LogP contribution in [0, 0.1) is 5.92 Å². The highest BCUT2D eigenvalue weighted by atomic mass is 32.1. The maximum atomic E-state index is 13.1. The second-order valence-corrected chi connectivity index (χ2v) is 6.36. The Labute approximate surface area is 151 Å². The van der Waals surface area contributed by atoms with Gasteiger partial charge in [0, 0.05) is 18.8 Å². The number of carbonyl (C=O) groups is 1. The van der Waals surface area contributed by atoms with Gasteiger partial charge in [0.2, 0.25) is 5.91 Å². The molecule has 0 aliphatic carbocycles. The number of hydrogen-bond acceptors (Lipinski definition) is 5. The second kappa shape index (κ2) is 7.28. The zero-order chi connectivity index (χ0) is 18.0. The van der Waals surface area contributed by atoms with Crippen molar-refractivity contribution < 1.29 is 19.4 Å². The molecule has 2 aliphatic heterocycles. The fourth-order valence-corrected chi connectivity index (χ4v) is 3.38. The Morgan fingerprint density at radius 1 is 1.44 bits per heavy atom. The molecule has 2 fully saturated rings. The van der Waals surface area contributed by atoms with Crippen LogP contribution in [0.1, 0.15) is 11.6 Å². The lowest BCUT2D eigenvalue weighted by Gasteiger charge is -2.39. The van der Waals surface area contributed by atoms with Crippen LogP contribution in [-0.2, 0) is 9.53 Å².